The average molecular weight is 303 g/mol. The van der Waals surface area contributed by atoms with Gasteiger partial charge in [-0.25, -0.2) is 0 Å². The van der Waals surface area contributed by atoms with Gasteiger partial charge in [-0.15, -0.1) is 22.9 Å². The second-order valence-electron chi connectivity index (χ2n) is 4.62. The molecule has 0 saturated heterocycles. The van der Waals surface area contributed by atoms with Gasteiger partial charge in [-0.2, -0.15) is 0 Å². The first-order valence-electron chi connectivity index (χ1n) is 6.61. The smallest absolute Gasteiger partial charge is 0.125 e. The summed E-state index contributed by atoms with van der Waals surface area (Å²) in [7, 11) is 0. The van der Waals surface area contributed by atoms with Crippen LogP contribution in [0.4, 0.5) is 0 Å². The van der Waals surface area contributed by atoms with Gasteiger partial charge in [0.1, 0.15) is 11.9 Å². The SMILES string of the molecule is ClCCC(Oc1ccc2ccsc2c1)c1ccccc1. The molecular formula is C17H15ClOS. The van der Waals surface area contributed by atoms with Crippen molar-refractivity contribution in [2.24, 2.45) is 0 Å². The standard InChI is InChI=1S/C17H15ClOS/c18-10-8-16(13-4-2-1-3-5-13)19-15-7-6-14-9-11-20-17(14)12-15/h1-7,9,11-12,16H,8,10H2. The summed E-state index contributed by atoms with van der Waals surface area (Å²) in [6, 6.07) is 18.6. The third-order valence-electron chi connectivity index (χ3n) is 3.25. The molecule has 0 fully saturated rings. The Morgan fingerprint density at radius 1 is 1.05 bits per heavy atom. The molecule has 1 unspecified atom stereocenters. The first kappa shape index (κ1) is 13.5. The van der Waals surface area contributed by atoms with Crippen LogP contribution < -0.4 is 4.74 Å². The van der Waals surface area contributed by atoms with Crippen LogP contribution >= 0.6 is 22.9 Å². The first-order chi connectivity index (χ1) is 9.86. The Morgan fingerprint density at radius 3 is 2.70 bits per heavy atom. The fourth-order valence-electron chi connectivity index (χ4n) is 2.23. The van der Waals surface area contributed by atoms with E-state index in [1.165, 1.54) is 15.6 Å². The molecule has 1 nitrogen and oxygen atoms in total. The number of benzene rings is 2. The van der Waals surface area contributed by atoms with Gasteiger partial charge in [0.05, 0.1) is 0 Å². The predicted molar refractivity (Wildman–Crippen MR) is 87.0 cm³/mol. The summed E-state index contributed by atoms with van der Waals surface area (Å²) in [5, 5.41) is 3.36. The number of hydrogen-bond donors (Lipinski definition) is 0. The molecule has 3 rings (SSSR count). The van der Waals surface area contributed by atoms with Gasteiger partial charge in [0.15, 0.2) is 0 Å². The van der Waals surface area contributed by atoms with E-state index in [9.17, 15) is 0 Å². The van der Waals surface area contributed by atoms with Crippen LogP contribution in [0.2, 0.25) is 0 Å². The van der Waals surface area contributed by atoms with Gasteiger partial charge in [-0.1, -0.05) is 30.3 Å². The van der Waals surface area contributed by atoms with E-state index in [1.54, 1.807) is 11.3 Å². The molecule has 0 spiro atoms. The highest BCUT2D eigenvalue weighted by molar-refractivity contribution is 7.17. The fraction of sp³-hybridized carbons (Fsp3) is 0.176. The fourth-order valence-corrected chi connectivity index (χ4v) is 3.25. The summed E-state index contributed by atoms with van der Waals surface area (Å²) in [4.78, 5) is 0. The molecule has 0 bridgehead atoms. The highest BCUT2D eigenvalue weighted by Crippen LogP contribution is 2.30. The maximum absolute atomic E-state index is 6.14. The molecular weight excluding hydrogens is 288 g/mol. The van der Waals surface area contributed by atoms with E-state index < -0.39 is 0 Å². The lowest BCUT2D eigenvalue weighted by molar-refractivity contribution is 0.202. The number of alkyl halides is 1. The van der Waals surface area contributed by atoms with Crippen molar-refractivity contribution in [2.75, 3.05) is 5.88 Å². The molecule has 0 radical (unpaired) electrons. The van der Waals surface area contributed by atoms with E-state index in [1.807, 2.05) is 24.3 Å². The average Bonchev–Trinajstić information content (AvgIpc) is 2.95. The molecule has 3 heteroatoms. The van der Waals surface area contributed by atoms with Crippen molar-refractivity contribution in [1.29, 1.82) is 0 Å². The molecule has 0 amide bonds. The molecule has 102 valence electrons. The van der Waals surface area contributed by atoms with Gasteiger partial charge in [0.2, 0.25) is 0 Å². The lowest BCUT2D eigenvalue weighted by atomic mass is 10.1. The Labute approximate surface area is 127 Å². The van der Waals surface area contributed by atoms with Crippen molar-refractivity contribution >= 4 is 33.0 Å². The summed E-state index contributed by atoms with van der Waals surface area (Å²) in [5.41, 5.74) is 1.17. The first-order valence-corrected chi connectivity index (χ1v) is 8.03. The van der Waals surface area contributed by atoms with Gasteiger partial charge in [-0.3, -0.25) is 0 Å². The maximum Gasteiger partial charge on any atom is 0.125 e. The predicted octanol–water partition coefficient (Wildman–Crippen LogP) is 5.65. The van der Waals surface area contributed by atoms with Crippen LogP contribution in [0, 0.1) is 0 Å². The van der Waals surface area contributed by atoms with Crippen molar-refractivity contribution in [3.05, 3.63) is 65.5 Å². The minimum Gasteiger partial charge on any atom is -0.486 e. The minimum absolute atomic E-state index is 0.00566. The van der Waals surface area contributed by atoms with E-state index in [0.29, 0.717) is 5.88 Å². The van der Waals surface area contributed by atoms with E-state index in [2.05, 4.69) is 35.7 Å². The van der Waals surface area contributed by atoms with Crippen LogP contribution in [0.3, 0.4) is 0 Å². The molecule has 0 aliphatic heterocycles. The monoisotopic (exact) mass is 302 g/mol. The second-order valence-corrected chi connectivity index (χ2v) is 5.94. The summed E-state index contributed by atoms with van der Waals surface area (Å²) in [6.07, 6.45) is 0.805. The third kappa shape index (κ3) is 2.97. The molecule has 1 aromatic heterocycles. The van der Waals surface area contributed by atoms with Crippen molar-refractivity contribution < 1.29 is 4.74 Å². The highest BCUT2D eigenvalue weighted by atomic mass is 35.5. The van der Waals surface area contributed by atoms with E-state index in [0.717, 1.165) is 12.2 Å². The largest absolute Gasteiger partial charge is 0.486 e. The molecule has 0 aliphatic carbocycles. The number of fused-ring (bicyclic) bond motifs is 1. The van der Waals surface area contributed by atoms with Gasteiger partial charge in [0.25, 0.3) is 0 Å². The zero-order valence-electron chi connectivity index (χ0n) is 11.0. The lowest BCUT2D eigenvalue weighted by Crippen LogP contribution is -2.08. The summed E-state index contributed by atoms with van der Waals surface area (Å²) in [5.74, 6) is 1.49. The molecule has 0 N–H and O–H groups in total. The topological polar surface area (TPSA) is 9.23 Å². The van der Waals surface area contributed by atoms with Gasteiger partial charge < -0.3 is 4.74 Å². The van der Waals surface area contributed by atoms with Crippen LogP contribution in [-0.4, -0.2) is 5.88 Å². The zero-order chi connectivity index (χ0) is 13.8. The number of ether oxygens (including phenoxy) is 1. The Morgan fingerprint density at radius 2 is 1.90 bits per heavy atom. The molecule has 1 heterocycles. The normalized spacial score (nSPS) is 12.4. The van der Waals surface area contributed by atoms with Crippen molar-refractivity contribution in [3.63, 3.8) is 0 Å². The summed E-state index contributed by atoms with van der Waals surface area (Å²) in [6.45, 7) is 0. The van der Waals surface area contributed by atoms with E-state index >= 15 is 0 Å². The van der Waals surface area contributed by atoms with Crippen LogP contribution in [0.5, 0.6) is 5.75 Å². The van der Waals surface area contributed by atoms with Gasteiger partial charge in [-0.05, 0) is 40.6 Å². The third-order valence-corrected chi connectivity index (χ3v) is 4.35. The minimum atomic E-state index is 0.00566. The Bertz CT molecular complexity index is 678. The van der Waals surface area contributed by atoms with Crippen molar-refractivity contribution in [2.45, 2.75) is 12.5 Å². The maximum atomic E-state index is 6.14. The highest BCUT2D eigenvalue weighted by Gasteiger charge is 2.12. The molecule has 3 aromatic rings. The number of hydrogen-bond acceptors (Lipinski definition) is 2. The second kappa shape index (κ2) is 6.29. The molecule has 0 saturated carbocycles. The summed E-state index contributed by atoms with van der Waals surface area (Å²) >= 11 is 7.64. The number of halogens is 1. The Kier molecular flexibility index (Phi) is 4.24. The van der Waals surface area contributed by atoms with Crippen LogP contribution in [0.25, 0.3) is 10.1 Å². The molecule has 2 aromatic carbocycles. The zero-order valence-corrected chi connectivity index (χ0v) is 12.5. The summed E-state index contributed by atoms with van der Waals surface area (Å²) < 4.78 is 7.39. The Hall–Kier alpha value is -1.51. The van der Waals surface area contributed by atoms with Crippen molar-refractivity contribution in [3.8, 4) is 5.75 Å². The Balaban J connectivity index is 1.85. The van der Waals surface area contributed by atoms with E-state index in [4.69, 9.17) is 16.3 Å². The molecule has 1 atom stereocenters. The van der Waals surface area contributed by atoms with Crippen molar-refractivity contribution in [1.82, 2.24) is 0 Å². The quantitative estimate of drug-likeness (QED) is 0.553. The number of rotatable bonds is 5. The van der Waals surface area contributed by atoms with E-state index in [-0.39, 0.29) is 6.10 Å². The van der Waals surface area contributed by atoms with Gasteiger partial charge in [0, 0.05) is 17.0 Å². The van der Waals surface area contributed by atoms with Crippen LogP contribution in [0.15, 0.2) is 60.0 Å². The van der Waals surface area contributed by atoms with Crippen LogP contribution in [-0.2, 0) is 0 Å². The van der Waals surface area contributed by atoms with Crippen LogP contribution in [0.1, 0.15) is 18.1 Å². The molecule has 20 heavy (non-hydrogen) atoms. The lowest BCUT2D eigenvalue weighted by Gasteiger charge is -2.18. The molecule has 0 aliphatic rings. The number of thiophene rings is 1. The van der Waals surface area contributed by atoms with Gasteiger partial charge >= 0.3 is 0 Å².